The van der Waals surface area contributed by atoms with Crippen LogP contribution in [0.2, 0.25) is 0 Å². The molecule has 1 heterocycles. The van der Waals surface area contributed by atoms with Crippen molar-refractivity contribution in [1.29, 1.82) is 0 Å². The van der Waals surface area contributed by atoms with Crippen LogP contribution in [-0.2, 0) is 4.79 Å². The molecule has 1 aliphatic rings. The zero-order chi connectivity index (χ0) is 13.8. The summed E-state index contributed by atoms with van der Waals surface area (Å²) in [6, 6.07) is 5.34. The number of carbonyl (C=O) groups excluding carboxylic acids is 2. The molecule has 4 nitrogen and oxygen atoms in total. The molecule has 0 radical (unpaired) electrons. The lowest BCUT2D eigenvalue weighted by molar-refractivity contribution is -0.128. The molecule has 0 aliphatic carbocycles. The topological polar surface area (TPSA) is 49.4 Å². The van der Waals surface area contributed by atoms with Gasteiger partial charge in [0.15, 0.2) is 5.78 Å². The van der Waals surface area contributed by atoms with Gasteiger partial charge in [0.05, 0.1) is 6.04 Å². The summed E-state index contributed by atoms with van der Waals surface area (Å²) in [6.07, 6.45) is 0.337. The van der Waals surface area contributed by atoms with E-state index in [1.165, 1.54) is 24.3 Å². The normalized spacial score (nSPS) is 20.1. The van der Waals surface area contributed by atoms with Crippen molar-refractivity contribution in [1.82, 2.24) is 10.2 Å². The molecule has 1 atom stereocenters. The maximum atomic E-state index is 12.8. The fourth-order valence-corrected chi connectivity index (χ4v) is 2.16. The van der Waals surface area contributed by atoms with E-state index in [1.807, 2.05) is 11.8 Å². The van der Waals surface area contributed by atoms with Gasteiger partial charge in [0, 0.05) is 31.6 Å². The monoisotopic (exact) mass is 264 g/mol. The molecule has 1 fully saturated rings. The first-order chi connectivity index (χ1) is 9.08. The van der Waals surface area contributed by atoms with Crippen LogP contribution in [0.1, 0.15) is 23.7 Å². The van der Waals surface area contributed by atoms with Gasteiger partial charge in [-0.1, -0.05) is 0 Å². The summed E-state index contributed by atoms with van der Waals surface area (Å²) in [5, 5.41) is 2.78. The molecule has 1 amide bonds. The second-order valence-corrected chi connectivity index (χ2v) is 4.68. The third-order valence-corrected chi connectivity index (χ3v) is 3.42. The first kappa shape index (κ1) is 13.7. The van der Waals surface area contributed by atoms with Crippen LogP contribution >= 0.6 is 0 Å². The van der Waals surface area contributed by atoms with Crippen LogP contribution in [0.4, 0.5) is 4.39 Å². The molecule has 19 heavy (non-hydrogen) atoms. The van der Waals surface area contributed by atoms with Crippen molar-refractivity contribution in [2.24, 2.45) is 0 Å². The van der Waals surface area contributed by atoms with Gasteiger partial charge < -0.3 is 5.32 Å². The summed E-state index contributed by atoms with van der Waals surface area (Å²) >= 11 is 0. The summed E-state index contributed by atoms with van der Waals surface area (Å²) in [7, 11) is 0. The average molecular weight is 264 g/mol. The van der Waals surface area contributed by atoms with Crippen molar-refractivity contribution >= 4 is 11.7 Å². The van der Waals surface area contributed by atoms with Crippen molar-refractivity contribution in [2.45, 2.75) is 19.4 Å². The van der Waals surface area contributed by atoms with Gasteiger partial charge in [-0.25, -0.2) is 4.39 Å². The summed E-state index contributed by atoms with van der Waals surface area (Å²) in [5.41, 5.74) is 0.510. The molecular weight excluding hydrogens is 247 g/mol. The SMILES string of the molecule is CC1C(=O)NCCN1CCC(=O)c1ccc(F)cc1. The highest BCUT2D eigenvalue weighted by Gasteiger charge is 2.25. The van der Waals surface area contributed by atoms with Crippen molar-refractivity contribution in [3.05, 3.63) is 35.6 Å². The number of piperazine rings is 1. The van der Waals surface area contributed by atoms with Crippen LogP contribution in [0.5, 0.6) is 0 Å². The number of hydrogen-bond donors (Lipinski definition) is 1. The van der Waals surface area contributed by atoms with Gasteiger partial charge in [0.1, 0.15) is 5.82 Å². The highest BCUT2D eigenvalue weighted by Crippen LogP contribution is 2.09. The Morgan fingerprint density at radius 1 is 1.42 bits per heavy atom. The number of nitrogens with zero attached hydrogens (tertiary/aromatic N) is 1. The van der Waals surface area contributed by atoms with E-state index < -0.39 is 0 Å². The van der Waals surface area contributed by atoms with Gasteiger partial charge in [0.25, 0.3) is 0 Å². The number of halogens is 1. The number of carbonyl (C=O) groups is 2. The Hall–Kier alpha value is -1.75. The lowest BCUT2D eigenvalue weighted by Gasteiger charge is -2.32. The van der Waals surface area contributed by atoms with E-state index in [1.54, 1.807) is 0 Å². The van der Waals surface area contributed by atoms with E-state index in [4.69, 9.17) is 0 Å². The standard InChI is InChI=1S/C14H17FN2O2/c1-10-14(19)16-7-9-17(10)8-6-13(18)11-2-4-12(15)5-3-11/h2-5,10H,6-9H2,1H3,(H,16,19). The minimum atomic E-state index is -0.349. The molecule has 102 valence electrons. The van der Waals surface area contributed by atoms with E-state index in [0.717, 1.165) is 6.54 Å². The van der Waals surface area contributed by atoms with Gasteiger partial charge in [-0.2, -0.15) is 0 Å². The van der Waals surface area contributed by atoms with E-state index in [0.29, 0.717) is 25.1 Å². The van der Waals surface area contributed by atoms with Crippen LogP contribution in [0.15, 0.2) is 24.3 Å². The van der Waals surface area contributed by atoms with Crippen molar-refractivity contribution in [3.63, 3.8) is 0 Å². The van der Waals surface area contributed by atoms with Crippen molar-refractivity contribution in [3.8, 4) is 0 Å². The summed E-state index contributed by atoms with van der Waals surface area (Å²) in [4.78, 5) is 25.4. The number of Topliss-reactive ketones (excluding diaryl/α,β-unsaturated/α-hetero) is 1. The molecule has 1 unspecified atom stereocenters. The molecule has 1 aromatic rings. The molecule has 1 aliphatic heterocycles. The Balaban J connectivity index is 1.89. The van der Waals surface area contributed by atoms with E-state index in [-0.39, 0.29) is 23.5 Å². The number of amides is 1. The Morgan fingerprint density at radius 2 is 2.11 bits per heavy atom. The number of ketones is 1. The number of hydrogen-bond acceptors (Lipinski definition) is 3. The molecule has 1 saturated heterocycles. The van der Waals surface area contributed by atoms with Crippen LogP contribution in [0, 0.1) is 5.82 Å². The first-order valence-electron chi connectivity index (χ1n) is 6.38. The van der Waals surface area contributed by atoms with Crippen molar-refractivity contribution < 1.29 is 14.0 Å². The number of benzene rings is 1. The zero-order valence-electron chi connectivity index (χ0n) is 10.9. The lowest BCUT2D eigenvalue weighted by atomic mass is 10.1. The molecule has 1 N–H and O–H groups in total. The van der Waals surface area contributed by atoms with Crippen LogP contribution in [-0.4, -0.2) is 42.3 Å². The lowest BCUT2D eigenvalue weighted by Crippen LogP contribution is -2.54. The maximum absolute atomic E-state index is 12.8. The molecule has 2 rings (SSSR count). The fraction of sp³-hybridized carbons (Fsp3) is 0.429. The van der Waals surface area contributed by atoms with E-state index in [9.17, 15) is 14.0 Å². The zero-order valence-corrected chi connectivity index (χ0v) is 10.9. The quantitative estimate of drug-likeness (QED) is 0.832. The van der Waals surface area contributed by atoms with Crippen LogP contribution in [0.25, 0.3) is 0 Å². The smallest absolute Gasteiger partial charge is 0.237 e. The highest BCUT2D eigenvalue weighted by atomic mass is 19.1. The largest absolute Gasteiger partial charge is 0.353 e. The minimum Gasteiger partial charge on any atom is -0.353 e. The second-order valence-electron chi connectivity index (χ2n) is 4.68. The maximum Gasteiger partial charge on any atom is 0.237 e. The van der Waals surface area contributed by atoms with Crippen molar-refractivity contribution in [2.75, 3.05) is 19.6 Å². The Labute approximate surface area is 111 Å². The predicted molar refractivity (Wildman–Crippen MR) is 69.4 cm³/mol. The Kier molecular flexibility index (Phi) is 4.27. The molecule has 0 saturated carbocycles. The Bertz CT molecular complexity index is 473. The molecule has 0 aromatic heterocycles. The second kappa shape index (κ2) is 5.93. The molecular formula is C14H17FN2O2. The van der Waals surface area contributed by atoms with Crippen LogP contribution in [0.3, 0.4) is 0 Å². The fourth-order valence-electron chi connectivity index (χ4n) is 2.16. The van der Waals surface area contributed by atoms with Gasteiger partial charge >= 0.3 is 0 Å². The molecule has 1 aromatic carbocycles. The summed E-state index contributed by atoms with van der Waals surface area (Å²) in [6.45, 7) is 3.75. The van der Waals surface area contributed by atoms with E-state index in [2.05, 4.69) is 5.32 Å². The highest BCUT2D eigenvalue weighted by molar-refractivity contribution is 5.96. The third kappa shape index (κ3) is 3.38. The minimum absolute atomic E-state index is 0.000446. The molecule has 0 bridgehead atoms. The number of rotatable bonds is 4. The average Bonchev–Trinajstić information content (AvgIpc) is 2.41. The molecule has 0 spiro atoms. The van der Waals surface area contributed by atoms with Gasteiger partial charge in [-0.15, -0.1) is 0 Å². The van der Waals surface area contributed by atoms with Gasteiger partial charge in [-0.05, 0) is 31.2 Å². The summed E-state index contributed by atoms with van der Waals surface area (Å²) in [5.74, 6) is -0.378. The van der Waals surface area contributed by atoms with Gasteiger partial charge in [0.2, 0.25) is 5.91 Å². The van der Waals surface area contributed by atoms with Gasteiger partial charge in [-0.3, -0.25) is 14.5 Å². The summed E-state index contributed by atoms with van der Waals surface area (Å²) < 4.78 is 12.8. The third-order valence-electron chi connectivity index (χ3n) is 3.42. The first-order valence-corrected chi connectivity index (χ1v) is 6.38. The Morgan fingerprint density at radius 3 is 2.79 bits per heavy atom. The predicted octanol–water partition coefficient (Wildman–Crippen LogP) is 1.22. The van der Waals surface area contributed by atoms with Crippen LogP contribution < -0.4 is 5.32 Å². The number of nitrogens with one attached hydrogen (secondary N) is 1. The van der Waals surface area contributed by atoms with E-state index >= 15 is 0 Å². The molecule has 5 heteroatoms.